The topological polar surface area (TPSA) is 120 Å². The van der Waals surface area contributed by atoms with Gasteiger partial charge in [-0.15, -0.1) is 0 Å². The van der Waals surface area contributed by atoms with Gasteiger partial charge in [0, 0.05) is 30.7 Å². The van der Waals surface area contributed by atoms with Gasteiger partial charge in [-0.05, 0) is 57.6 Å². The summed E-state index contributed by atoms with van der Waals surface area (Å²) in [6.45, 7) is 3.65. The number of benzene rings is 1. The number of hydrogen-bond donors (Lipinski definition) is 3. The maximum Gasteiger partial charge on any atom is 0.302 e. The van der Waals surface area contributed by atoms with E-state index in [1.54, 1.807) is 6.92 Å². The van der Waals surface area contributed by atoms with Gasteiger partial charge in [-0.2, -0.15) is 9.97 Å². The number of hydrogen-bond acceptors (Lipinski definition) is 8. The summed E-state index contributed by atoms with van der Waals surface area (Å²) in [7, 11) is 0. The quantitative estimate of drug-likeness (QED) is 0.425. The van der Waals surface area contributed by atoms with Crippen LogP contribution in [-0.4, -0.2) is 44.2 Å². The second-order valence-electron chi connectivity index (χ2n) is 9.33. The number of imidazole rings is 1. The molecular weight excluding hydrogens is 442 g/mol. The molecule has 188 valence electrons. The molecule has 2 aliphatic carbocycles. The predicted octanol–water partition coefficient (Wildman–Crippen LogP) is 4.94. The van der Waals surface area contributed by atoms with Crippen molar-refractivity contribution in [2.24, 2.45) is 5.73 Å². The summed E-state index contributed by atoms with van der Waals surface area (Å²) < 4.78 is 6.65. The van der Waals surface area contributed by atoms with Crippen LogP contribution in [0, 0.1) is 0 Å². The molecule has 3 aromatic rings. The third-order valence-electron chi connectivity index (χ3n) is 6.63. The summed E-state index contributed by atoms with van der Waals surface area (Å²) in [6, 6.07) is 11.3. The Bertz CT molecular complexity index is 1090. The number of nitrogens with one attached hydrogen (secondary N) is 2. The van der Waals surface area contributed by atoms with Gasteiger partial charge in [-0.1, -0.05) is 31.0 Å². The third kappa shape index (κ3) is 6.69. The van der Waals surface area contributed by atoms with Crippen LogP contribution in [0.1, 0.15) is 71.3 Å². The Hall–Kier alpha value is -3.20. The van der Waals surface area contributed by atoms with Gasteiger partial charge in [0.2, 0.25) is 5.95 Å². The Morgan fingerprint density at radius 1 is 1.09 bits per heavy atom. The van der Waals surface area contributed by atoms with Crippen molar-refractivity contribution in [2.45, 2.75) is 83.3 Å². The van der Waals surface area contributed by atoms with Crippen molar-refractivity contribution in [3.63, 3.8) is 0 Å². The molecule has 0 saturated heterocycles. The van der Waals surface area contributed by atoms with E-state index in [1.807, 2.05) is 36.7 Å². The van der Waals surface area contributed by atoms with Crippen LogP contribution < -0.4 is 16.4 Å². The Kier molecular flexibility index (Phi) is 8.52. The van der Waals surface area contributed by atoms with Crippen molar-refractivity contribution in [3.8, 4) is 0 Å². The number of ether oxygens (including phenoxy) is 1. The summed E-state index contributed by atoms with van der Waals surface area (Å²) in [6.07, 6.45) is 11.1. The fourth-order valence-electron chi connectivity index (χ4n) is 4.83. The van der Waals surface area contributed by atoms with E-state index in [-0.39, 0.29) is 5.97 Å². The van der Waals surface area contributed by atoms with E-state index in [9.17, 15) is 4.79 Å². The van der Waals surface area contributed by atoms with Crippen LogP contribution >= 0.6 is 0 Å². The van der Waals surface area contributed by atoms with E-state index in [4.69, 9.17) is 15.7 Å². The van der Waals surface area contributed by atoms with E-state index in [1.165, 1.54) is 32.6 Å². The summed E-state index contributed by atoms with van der Waals surface area (Å²) in [5, 5.41) is 7.02. The molecule has 0 unspecified atom stereocenters. The van der Waals surface area contributed by atoms with Crippen LogP contribution in [0.5, 0.6) is 0 Å². The van der Waals surface area contributed by atoms with E-state index in [0.717, 1.165) is 48.4 Å². The molecule has 2 heterocycles. The van der Waals surface area contributed by atoms with E-state index in [0.29, 0.717) is 30.7 Å². The van der Waals surface area contributed by atoms with E-state index in [2.05, 4.69) is 24.9 Å². The molecule has 9 nitrogen and oxygen atoms in total. The van der Waals surface area contributed by atoms with Crippen molar-refractivity contribution in [2.75, 3.05) is 17.2 Å². The molecule has 0 radical (unpaired) electrons. The largest absolute Gasteiger partial charge is 0.466 e. The molecule has 5 rings (SSSR count). The first kappa shape index (κ1) is 24.9. The Balaban J connectivity index is 0.000000431. The van der Waals surface area contributed by atoms with Gasteiger partial charge in [0.05, 0.1) is 12.9 Å². The number of para-hydroxylation sites is 1. The number of carbonyl (C=O) groups excluding carboxylic acids is 1. The van der Waals surface area contributed by atoms with Gasteiger partial charge in [0.1, 0.15) is 0 Å². The molecule has 2 aromatic heterocycles. The lowest BCUT2D eigenvalue weighted by Crippen LogP contribution is -2.33. The van der Waals surface area contributed by atoms with E-state index < -0.39 is 0 Å². The number of esters is 1. The SMILES string of the molecule is CCOC(C)=O.N[C@H]1CC[C@H](Nc2nc(Nc3ccccc3)c3ncn(C4CCCC4)c3n2)CC1. The number of anilines is 3. The Morgan fingerprint density at radius 2 is 1.80 bits per heavy atom. The molecule has 9 heteroatoms. The van der Waals surface area contributed by atoms with Crippen molar-refractivity contribution in [1.82, 2.24) is 19.5 Å². The normalized spacial score (nSPS) is 20.2. The molecule has 2 fully saturated rings. The van der Waals surface area contributed by atoms with Crippen LogP contribution in [0.15, 0.2) is 36.7 Å². The molecular formula is C26H37N7O2. The molecule has 0 bridgehead atoms. The molecule has 2 aliphatic rings. The Morgan fingerprint density at radius 3 is 2.43 bits per heavy atom. The average molecular weight is 480 g/mol. The fraction of sp³-hybridized carbons (Fsp3) is 0.538. The lowest BCUT2D eigenvalue weighted by molar-refractivity contribution is -0.140. The molecule has 1 aromatic carbocycles. The highest BCUT2D eigenvalue weighted by atomic mass is 16.5. The highest BCUT2D eigenvalue weighted by Gasteiger charge is 2.23. The number of rotatable bonds is 6. The minimum Gasteiger partial charge on any atom is -0.466 e. The number of fused-ring (bicyclic) bond motifs is 1. The van der Waals surface area contributed by atoms with Crippen LogP contribution in [0.25, 0.3) is 11.2 Å². The summed E-state index contributed by atoms with van der Waals surface area (Å²) in [5.41, 5.74) is 8.82. The van der Waals surface area contributed by atoms with E-state index >= 15 is 0 Å². The number of aromatic nitrogens is 4. The van der Waals surface area contributed by atoms with Crippen LogP contribution in [0.3, 0.4) is 0 Å². The summed E-state index contributed by atoms with van der Waals surface area (Å²) >= 11 is 0. The smallest absolute Gasteiger partial charge is 0.302 e. The maximum absolute atomic E-state index is 9.82. The molecule has 0 atom stereocenters. The van der Waals surface area contributed by atoms with Gasteiger partial charge in [0.15, 0.2) is 17.0 Å². The molecule has 2 saturated carbocycles. The number of carbonyl (C=O) groups is 1. The standard InChI is InChI=1S/C22H29N7.C4H8O2/c23-15-10-12-17(13-11-15)26-22-27-20(25-16-6-2-1-3-7-16)19-21(28-22)29(14-24-19)18-8-4-5-9-18;1-3-6-4(2)5/h1-3,6-7,14-15,17-18H,4-5,8-13,23H2,(H2,25,26,27,28);3H2,1-2H3/t15-,17-;. The molecule has 0 amide bonds. The maximum atomic E-state index is 9.82. The first-order valence-corrected chi connectivity index (χ1v) is 12.8. The minimum atomic E-state index is -0.211. The second kappa shape index (κ2) is 12.0. The minimum absolute atomic E-state index is 0.211. The monoisotopic (exact) mass is 479 g/mol. The van der Waals surface area contributed by atoms with Gasteiger partial charge >= 0.3 is 5.97 Å². The second-order valence-corrected chi connectivity index (χ2v) is 9.33. The lowest BCUT2D eigenvalue weighted by Gasteiger charge is -2.27. The zero-order valence-corrected chi connectivity index (χ0v) is 20.7. The Labute approximate surface area is 206 Å². The average Bonchev–Trinajstić information content (AvgIpc) is 3.52. The third-order valence-corrected chi connectivity index (χ3v) is 6.63. The van der Waals surface area contributed by atoms with Gasteiger partial charge in [-0.25, -0.2) is 4.98 Å². The number of nitrogens with zero attached hydrogens (tertiary/aromatic N) is 4. The highest BCUT2D eigenvalue weighted by molar-refractivity contribution is 5.86. The van der Waals surface area contributed by atoms with Crippen molar-refractivity contribution >= 4 is 34.6 Å². The summed E-state index contributed by atoms with van der Waals surface area (Å²) in [5.74, 6) is 1.22. The van der Waals surface area contributed by atoms with Crippen LogP contribution in [0.4, 0.5) is 17.5 Å². The summed E-state index contributed by atoms with van der Waals surface area (Å²) in [4.78, 5) is 24.2. The number of nitrogens with two attached hydrogens (primary N) is 1. The fourth-order valence-corrected chi connectivity index (χ4v) is 4.83. The first-order chi connectivity index (χ1) is 17.0. The first-order valence-electron chi connectivity index (χ1n) is 12.8. The van der Waals surface area contributed by atoms with Crippen molar-refractivity contribution < 1.29 is 9.53 Å². The molecule has 0 spiro atoms. The lowest BCUT2D eigenvalue weighted by atomic mass is 9.92. The zero-order chi connectivity index (χ0) is 24.6. The van der Waals surface area contributed by atoms with Crippen molar-refractivity contribution in [3.05, 3.63) is 36.7 Å². The van der Waals surface area contributed by atoms with Gasteiger partial charge in [-0.3, -0.25) is 4.79 Å². The van der Waals surface area contributed by atoms with Crippen LogP contribution in [-0.2, 0) is 9.53 Å². The van der Waals surface area contributed by atoms with Gasteiger partial charge < -0.3 is 25.7 Å². The van der Waals surface area contributed by atoms with Gasteiger partial charge in [0.25, 0.3) is 0 Å². The molecule has 35 heavy (non-hydrogen) atoms. The zero-order valence-electron chi connectivity index (χ0n) is 20.7. The van der Waals surface area contributed by atoms with Crippen molar-refractivity contribution in [1.29, 1.82) is 0 Å². The highest BCUT2D eigenvalue weighted by Crippen LogP contribution is 2.34. The predicted molar refractivity (Wildman–Crippen MR) is 139 cm³/mol. The molecule has 4 N–H and O–H groups in total. The van der Waals surface area contributed by atoms with Crippen LogP contribution in [0.2, 0.25) is 0 Å². The molecule has 0 aliphatic heterocycles.